The molecule has 2 heterocycles. The summed E-state index contributed by atoms with van der Waals surface area (Å²) in [6, 6.07) is 11.9. The molecule has 2 aromatic rings. The Labute approximate surface area is 154 Å². The lowest BCUT2D eigenvalue weighted by Crippen LogP contribution is -2.41. The van der Waals surface area contributed by atoms with Crippen molar-refractivity contribution in [2.45, 2.75) is 33.1 Å². The highest BCUT2D eigenvalue weighted by Gasteiger charge is 2.26. The summed E-state index contributed by atoms with van der Waals surface area (Å²) in [5.41, 5.74) is 4.64. The maximum absolute atomic E-state index is 12.7. The summed E-state index contributed by atoms with van der Waals surface area (Å²) in [7, 11) is 0. The molecule has 1 aromatic carbocycles. The number of rotatable bonds is 5. The van der Waals surface area contributed by atoms with Crippen molar-refractivity contribution in [1.82, 2.24) is 9.88 Å². The third-order valence-corrected chi connectivity index (χ3v) is 4.56. The van der Waals surface area contributed by atoms with Crippen LogP contribution in [0.15, 0.2) is 36.4 Å². The highest BCUT2D eigenvalue weighted by atomic mass is 16.5. The van der Waals surface area contributed by atoms with E-state index in [0.29, 0.717) is 24.6 Å². The van der Waals surface area contributed by atoms with Gasteiger partial charge < -0.3 is 9.64 Å². The molecule has 0 aliphatic carbocycles. The summed E-state index contributed by atoms with van der Waals surface area (Å²) < 4.78 is 4.95. The summed E-state index contributed by atoms with van der Waals surface area (Å²) in [6.45, 7) is 6.85. The van der Waals surface area contributed by atoms with Gasteiger partial charge in [0.15, 0.2) is 0 Å². The molecule has 0 N–H and O–H groups in total. The van der Waals surface area contributed by atoms with Crippen molar-refractivity contribution >= 4 is 11.9 Å². The monoisotopic (exact) mass is 352 g/mol. The van der Waals surface area contributed by atoms with E-state index in [-0.39, 0.29) is 18.4 Å². The van der Waals surface area contributed by atoms with Gasteiger partial charge in [-0.15, -0.1) is 0 Å². The first-order valence-electron chi connectivity index (χ1n) is 9.04. The van der Waals surface area contributed by atoms with E-state index in [9.17, 15) is 9.59 Å². The van der Waals surface area contributed by atoms with Crippen LogP contribution in [0.4, 0.5) is 0 Å². The van der Waals surface area contributed by atoms with Gasteiger partial charge in [0.25, 0.3) is 5.91 Å². The van der Waals surface area contributed by atoms with Crippen molar-refractivity contribution in [3.63, 3.8) is 0 Å². The number of ether oxygens (including phenoxy) is 1. The molecule has 5 heteroatoms. The van der Waals surface area contributed by atoms with Crippen LogP contribution in [0.5, 0.6) is 0 Å². The Morgan fingerprint density at radius 1 is 1.27 bits per heavy atom. The summed E-state index contributed by atoms with van der Waals surface area (Å²) >= 11 is 0. The van der Waals surface area contributed by atoms with Gasteiger partial charge in [-0.2, -0.15) is 0 Å². The van der Waals surface area contributed by atoms with Crippen LogP contribution < -0.4 is 0 Å². The lowest BCUT2D eigenvalue weighted by Gasteiger charge is -2.28. The molecule has 1 aliphatic heterocycles. The van der Waals surface area contributed by atoms with Crippen molar-refractivity contribution in [2.24, 2.45) is 0 Å². The number of nitrogens with zero attached hydrogens (tertiary/aromatic N) is 2. The number of benzene rings is 1. The van der Waals surface area contributed by atoms with Gasteiger partial charge in [-0.3, -0.25) is 14.6 Å². The highest BCUT2D eigenvalue weighted by molar-refractivity contribution is 5.98. The van der Waals surface area contributed by atoms with Crippen molar-refractivity contribution in [3.05, 3.63) is 53.2 Å². The SMILES string of the molecule is CCOC(=O)CN1CCc2cc(-c3cccc(C(C)C)n3)ccc2C1=O. The number of esters is 1. The van der Waals surface area contributed by atoms with Crippen LogP contribution in [0, 0.1) is 0 Å². The molecule has 1 aliphatic rings. The first-order valence-corrected chi connectivity index (χ1v) is 9.04. The van der Waals surface area contributed by atoms with Crippen LogP contribution in [0.25, 0.3) is 11.3 Å². The number of amides is 1. The maximum Gasteiger partial charge on any atom is 0.325 e. The van der Waals surface area contributed by atoms with Gasteiger partial charge in [-0.05, 0) is 49.1 Å². The lowest BCUT2D eigenvalue weighted by atomic mass is 9.95. The van der Waals surface area contributed by atoms with Crippen LogP contribution in [-0.2, 0) is 16.0 Å². The molecular formula is C21H24N2O3. The fourth-order valence-electron chi connectivity index (χ4n) is 3.14. The first kappa shape index (κ1) is 18.1. The summed E-state index contributed by atoms with van der Waals surface area (Å²) in [5.74, 6) is -0.115. The predicted octanol–water partition coefficient (Wildman–Crippen LogP) is 3.43. The number of carbonyl (C=O) groups excluding carboxylic acids is 2. The molecule has 0 radical (unpaired) electrons. The zero-order valence-corrected chi connectivity index (χ0v) is 15.5. The van der Waals surface area contributed by atoms with Crippen LogP contribution in [-0.4, -0.2) is 41.5 Å². The smallest absolute Gasteiger partial charge is 0.325 e. The molecule has 0 spiro atoms. The molecule has 1 aromatic heterocycles. The molecule has 26 heavy (non-hydrogen) atoms. The van der Waals surface area contributed by atoms with Crippen LogP contribution in [0.1, 0.15) is 48.3 Å². The van der Waals surface area contributed by atoms with E-state index < -0.39 is 0 Å². The van der Waals surface area contributed by atoms with Gasteiger partial charge in [-0.25, -0.2) is 0 Å². The number of aromatic nitrogens is 1. The topological polar surface area (TPSA) is 59.5 Å². The summed E-state index contributed by atoms with van der Waals surface area (Å²) in [5, 5.41) is 0. The largest absolute Gasteiger partial charge is 0.465 e. The Bertz CT molecular complexity index is 830. The van der Waals surface area contributed by atoms with Crippen LogP contribution >= 0.6 is 0 Å². The summed E-state index contributed by atoms with van der Waals surface area (Å²) in [4.78, 5) is 30.6. The van der Waals surface area contributed by atoms with Crippen molar-refractivity contribution in [3.8, 4) is 11.3 Å². The number of hydrogen-bond acceptors (Lipinski definition) is 4. The molecule has 0 bridgehead atoms. The zero-order valence-electron chi connectivity index (χ0n) is 15.5. The Balaban J connectivity index is 1.83. The van der Waals surface area contributed by atoms with Crippen LogP contribution in [0.3, 0.4) is 0 Å². The van der Waals surface area contributed by atoms with E-state index in [4.69, 9.17) is 9.72 Å². The van der Waals surface area contributed by atoms with Crippen molar-refractivity contribution in [1.29, 1.82) is 0 Å². The Hall–Kier alpha value is -2.69. The van der Waals surface area contributed by atoms with Gasteiger partial charge in [0.05, 0.1) is 12.3 Å². The third-order valence-electron chi connectivity index (χ3n) is 4.56. The summed E-state index contributed by atoms with van der Waals surface area (Å²) in [6.07, 6.45) is 0.720. The minimum absolute atomic E-state index is 0.00581. The quantitative estimate of drug-likeness (QED) is 0.774. The van der Waals surface area contributed by atoms with Gasteiger partial charge >= 0.3 is 5.97 Å². The Morgan fingerprint density at radius 2 is 2.08 bits per heavy atom. The molecule has 136 valence electrons. The Morgan fingerprint density at radius 3 is 2.81 bits per heavy atom. The van der Waals surface area contributed by atoms with Crippen molar-refractivity contribution in [2.75, 3.05) is 19.7 Å². The molecule has 1 amide bonds. The minimum atomic E-state index is -0.365. The molecule has 0 fully saturated rings. The second kappa shape index (κ2) is 7.68. The van der Waals surface area contributed by atoms with Gasteiger partial charge in [0, 0.05) is 23.4 Å². The molecule has 0 unspecified atom stereocenters. The lowest BCUT2D eigenvalue weighted by molar-refractivity contribution is -0.143. The Kier molecular flexibility index (Phi) is 5.35. The van der Waals surface area contributed by atoms with E-state index in [1.54, 1.807) is 11.8 Å². The van der Waals surface area contributed by atoms with Gasteiger partial charge in [-0.1, -0.05) is 26.0 Å². The second-order valence-corrected chi connectivity index (χ2v) is 6.76. The first-order chi connectivity index (χ1) is 12.5. The van der Waals surface area contributed by atoms with Crippen molar-refractivity contribution < 1.29 is 14.3 Å². The number of carbonyl (C=O) groups is 2. The molecular weight excluding hydrogens is 328 g/mol. The molecule has 3 rings (SSSR count). The number of fused-ring (bicyclic) bond motifs is 1. The molecule has 5 nitrogen and oxygen atoms in total. The van der Waals surface area contributed by atoms with E-state index in [1.807, 2.05) is 36.4 Å². The highest BCUT2D eigenvalue weighted by Crippen LogP contribution is 2.26. The van der Waals surface area contributed by atoms with E-state index in [0.717, 1.165) is 28.9 Å². The third kappa shape index (κ3) is 3.77. The predicted molar refractivity (Wildman–Crippen MR) is 100 cm³/mol. The zero-order chi connectivity index (χ0) is 18.7. The molecule has 0 atom stereocenters. The number of hydrogen-bond donors (Lipinski definition) is 0. The van der Waals surface area contributed by atoms with E-state index >= 15 is 0 Å². The average molecular weight is 352 g/mol. The van der Waals surface area contributed by atoms with E-state index in [2.05, 4.69) is 13.8 Å². The van der Waals surface area contributed by atoms with Gasteiger partial charge in [0.2, 0.25) is 0 Å². The number of pyridine rings is 1. The van der Waals surface area contributed by atoms with Gasteiger partial charge in [0.1, 0.15) is 6.54 Å². The van der Waals surface area contributed by atoms with E-state index in [1.165, 1.54) is 0 Å². The maximum atomic E-state index is 12.7. The van der Waals surface area contributed by atoms with Crippen LogP contribution in [0.2, 0.25) is 0 Å². The average Bonchev–Trinajstić information content (AvgIpc) is 2.64. The molecule has 0 saturated heterocycles. The minimum Gasteiger partial charge on any atom is -0.465 e. The fraction of sp³-hybridized carbons (Fsp3) is 0.381. The standard InChI is InChI=1S/C21H24N2O3/c1-4-26-20(24)13-23-11-10-15-12-16(8-9-17(15)21(23)25)19-7-5-6-18(22-19)14(2)3/h5-9,12,14H,4,10-11,13H2,1-3H3. The fourth-order valence-corrected chi connectivity index (χ4v) is 3.14. The normalized spacial score (nSPS) is 13.7. The second-order valence-electron chi connectivity index (χ2n) is 6.76. The molecule has 0 saturated carbocycles.